The van der Waals surface area contributed by atoms with E-state index >= 15 is 0 Å². The van der Waals surface area contributed by atoms with Crippen LogP contribution >= 0.6 is 0 Å². The molecule has 21 heavy (non-hydrogen) atoms. The van der Waals surface area contributed by atoms with E-state index in [0.717, 1.165) is 37.6 Å². The Bertz CT molecular complexity index is 602. The van der Waals surface area contributed by atoms with Crippen LogP contribution in [0.4, 0.5) is 0 Å². The maximum absolute atomic E-state index is 11.1. The number of hydrogen-bond donors (Lipinski definition) is 0. The van der Waals surface area contributed by atoms with Gasteiger partial charge in [0.1, 0.15) is 0 Å². The first kappa shape index (κ1) is 15.3. The van der Waals surface area contributed by atoms with Crippen molar-refractivity contribution in [2.24, 2.45) is 0 Å². The van der Waals surface area contributed by atoms with E-state index in [1.807, 2.05) is 25.5 Å². The van der Waals surface area contributed by atoms with Gasteiger partial charge in [-0.15, -0.1) is 0 Å². The zero-order valence-electron chi connectivity index (χ0n) is 12.5. The van der Waals surface area contributed by atoms with Crippen LogP contribution in [0.25, 0.3) is 5.52 Å². The van der Waals surface area contributed by atoms with Crippen molar-refractivity contribution < 1.29 is 9.53 Å². The molecule has 0 saturated carbocycles. The van der Waals surface area contributed by atoms with Gasteiger partial charge in [0.05, 0.1) is 24.6 Å². The van der Waals surface area contributed by atoms with Crippen molar-refractivity contribution in [1.29, 1.82) is 0 Å². The van der Waals surface area contributed by atoms with E-state index in [4.69, 9.17) is 4.74 Å². The molecular weight excluding hydrogens is 264 g/mol. The number of rotatable bonds is 8. The molecule has 0 unspecified atom stereocenters. The van der Waals surface area contributed by atoms with Crippen molar-refractivity contribution in [2.75, 3.05) is 6.61 Å². The SMILES string of the molecule is CCOC(=O)C=CCCCCCc1cccc2cncn12. The lowest BCUT2D eigenvalue weighted by Crippen LogP contribution is -1.98. The summed E-state index contributed by atoms with van der Waals surface area (Å²) in [7, 11) is 0. The lowest BCUT2D eigenvalue weighted by atomic mass is 10.1. The molecule has 0 fully saturated rings. The molecule has 0 N–H and O–H groups in total. The van der Waals surface area contributed by atoms with Gasteiger partial charge in [0, 0.05) is 11.8 Å². The number of imidazole rings is 1. The third-order valence-electron chi connectivity index (χ3n) is 3.38. The number of aryl methyl sites for hydroxylation is 1. The third-order valence-corrected chi connectivity index (χ3v) is 3.38. The monoisotopic (exact) mass is 286 g/mol. The van der Waals surface area contributed by atoms with Gasteiger partial charge >= 0.3 is 5.97 Å². The predicted molar refractivity (Wildman–Crippen MR) is 83.1 cm³/mol. The summed E-state index contributed by atoms with van der Waals surface area (Å²) in [6.07, 6.45) is 12.5. The van der Waals surface area contributed by atoms with Gasteiger partial charge in [0.2, 0.25) is 0 Å². The maximum atomic E-state index is 11.1. The number of fused-ring (bicyclic) bond motifs is 1. The summed E-state index contributed by atoms with van der Waals surface area (Å²) in [5.74, 6) is -0.246. The molecule has 0 bridgehead atoms. The van der Waals surface area contributed by atoms with Crippen LogP contribution in [-0.4, -0.2) is 22.0 Å². The van der Waals surface area contributed by atoms with Gasteiger partial charge in [-0.05, 0) is 44.7 Å². The zero-order valence-corrected chi connectivity index (χ0v) is 12.5. The lowest BCUT2D eigenvalue weighted by Gasteiger charge is -2.04. The van der Waals surface area contributed by atoms with Crippen molar-refractivity contribution in [3.05, 3.63) is 48.6 Å². The first-order valence-corrected chi connectivity index (χ1v) is 7.54. The van der Waals surface area contributed by atoms with Crippen LogP contribution in [-0.2, 0) is 16.0 Å². The quantitative estimate of drug-likeness (QED) is 0.423. The smallest absolute Gasteiger partial charge is 0.330 e. The number of carbonyl (C=O) groups excluding carboxylic acids is 1. The van der Waals surface area contributed by atoms with Crippen LogP contribution in [0.2, 0.25) is 0 Å². The Hall–Kier alpha value is -2.10. The summed E-state index contributed by atoms with van der Waals surface area (Å²) < 4.78 is 6.97. The molecule has 2 heterocycles. The maximum Gasteiger partial charge on any atom is 0.330 e. The standard InChI is InChI=1S/C17H22N2O2/c1-2-21-17(20)12-7-5-3-4-6-9-15-10-8-11-16-13-18-14-19(15)16/h7-8,10-14H,2-6,9H2,1H3. The molecule has 4 nitrogen and oxygen atoms in total. The van der Waals surface area contributed by atoms with Crippen LogP contribution in [0, 0.1) is 0 Å². The average Bonchev–Trinajstić information content (AvgIpc) is 2.95. The van der Waals surface area contributed by atoms with Crippen molar-refractivity contribution >= 4 is 11.5 Å². The van der Waals surface area contributed by atoms with E-state index in [1.54, 1.807) is 0 Å². The zero-order chi connectivity index (χ0) is 14.9. The van der Waals surface area contributed by atoms with Crippen molar-refractivity contribution in [3.63, 3.8) is 0 Å². The van der Waals surface area contributed by atoms with Gasteiger partial charge in [-0.2, -0.15) is 0 Å². The molecule has 0 aliphatic rings. The third kappa shape index (κ3) is 4.74. The Morgan fingerprint density at radius 1 is 1.33 bits per heavy atom. The minimum atomic E-state index is -0.246. The first-order chi connectivity index (χ1) is 10.3. The Balaban J connectivity index is 1.66. The van der Waals surface area contributed by atoms with Crippen molar-refractivity contribution in [1.82, 2.24) is 9.38 Å². The van der Waals surface area contributed by atoms with Gasteiger partial charge in [0.25, 0.3) is 0 Å². The van der Waals surface area contributed by atoms with Gasteiger partial charge < -0.3 is 9.14 Å². The van der Waals surface area contributed by atoms with E-state index < -0.39 is 0 Å². The summed E-state index contributed by atoms with van der Waals surface area (Å²) >= 11 is 0. The molecule has 2 aromatic rings. The van der Waals surface area contributed by atoms with Crippen molar-refractivity contribution in [2.45, 2.75) is 39.0 Å². The molecule has 2 aromatic heterocycles. The van der Waals surface area contributed by atoms with E-state index in [1.165, 1.54) is 11.8 Å². The minimum absolute atomic E-state index is 0.246. The highest BCUT2D eigenvalue weighted by atomic mass is 16.5. The number of aromatic nitrogens is 2. The van der Waals surface area contributed by atoms with Gasteiger partial charge in [-0.1, -0.05) is 18.6 Å². The van der Waals surface area contributed by atoms with E-state index in [2.05, 4.69) is 27.6 Å². The number of hydrogen-bond acceptors (Lipinski definition) is 3. The highest BCUT2D eigenvalue weighted by Crippen LogP contribution is 2.11. The molecule has 0 aromatic carbocycles. The molecule has 112 valence electrons. The molecule has 0 saturated heterocycles. The minimum Gasteiger partial charge on any atom is -0.463 e. The van der Waals surface area contributed by atoms with Crippen LogP contribution < -0.4 is 0 Å². The van der Waals surface area contributed by atoms with Gasteiger partial charge in [-0.3, -0.25) is 0 Å². The molecule has 0 radical (unpaired) electrons. The normalized spacial score (nSPS) is 11.3. The summed E-state index contributed by atoms with van der Waals surface area (Å²) in [6.45, 7) is 2.25. The second-order valence-electron chi connectivity index (χ2n) is 4.96. The molecule has 0 aliphatic carbocycles. The second-order valence-corrected chi connectivity index (χ2v) is 4.96. The second kappa shape index (κ2) is 8.25. The van der Waals surface area contributed by atoms with Gasteiger partial charge in [0.15, 0.2) is 0 Å². The highest BCUT2D eigenvalue weighted by molar-refractivity contribution is 5.81. The Labute approximate surface area is 125 Å². The number of unbranched alkanes of at least 4 members (excludes halogenated alkanes) is 3. The summed E-state index contributed by atoms with van der Waals surface area (Å²) in [4.78, 5) is 15.3. The molecule has 0 amide bonds. The lowest BCUT2D eigenvalue weighted by molar-refractivity contribution is -0.137. The molecule has 2 rings (SSSR count). The van der Waals surface area contributed by atoms with Crippen LogP contribution in [0.1, 0.15) is 38.3 Å². The molecule has 0 spiro atoms. The fourth-order valence-corrected chi connectivity index (χ4v) is 2.33. The molecule has 0 aliphatic heterocycles. The number of allylic oxidation sites excluding steroid dienone is 1. The van der Waals surface area contributed by atoms with Crippen LogP contribution in [0.5, 0.6) is 0 Å². The van der Waals surface area contributed by atoms with Crippen LogP contribution in [0.15, 0.2) is 42.9 Å². The summed E-state index contributed by atoms with van der Waals surface area (Å²) in [5.41, 5.74) is 2.44. The van der Waals surface area contributed by atoms with Crippen molar-refractivity contribution in [3.8, 4) is 0 Å². The largest absolute Gasteiger partial charge is 0.463 e. The van der Waals surface area contributed by atoms with Crippen LogP contribution in [0.3, 0.4) is 0 Å². The number of carbonyl (C=O) groups is 1. The average molecular weight is 286 g/mol. The summed E-state index contributed by atoms with van der Waals surface area (Å²) in [5, 5.41) is 0. The highest BCUT2D eigenvalue weighted by Gasteiger charge is 2.00. The number of nitrogens with zero attached hydrogens (tertiary/aromatic N) is 2. The predicted octanol–water partition coefficient (Wildman–Crippen LogP) is 3.56. The van der Waals surface area contributed by atoms with E-state index in [9.17, 15) is 4.79 Å². The Kier molecular flexibility index (Phi) is 6.00. The Morgan fingerprint density at radius 2 is 2.24 bits per heavy atom. The fraction of sp³-hybridized carbons (Fsp3) is 0.412. The fourth-order valence-electron chi connectivity index (χ4n) is 2.33. The molecular formula is C17H22N2O2. The molecule has 0 atom stereocenters. The first-order valence-electron chi connectivity index (χ1n) is 7.54. The topological polar surface area (TPSA) is 43.6 Å². The van der Waals surface area contributed by atoms with Gasteiger partial charge in [-0.25, -0.2) is 9.78 Å². The summed E-state index contributed by atoms with van der Waals surface area (Å²) in [6, 6.07) is 6.29. The number of esters is 1. The van der Waals surface area contributed by atoms with E-state index in [0.29, 0.717) is 6.61 Å². The number of ether oxygens (including phenoxy) is 1. The van der Waals surface area contributed by atoms with E-state index in [-0.39, 0.29) is 5.97 Å². The number of pyridine rings is 1. The molecule has 4 heteroatoms. The Morgan fingerprint density at radius 3 is 3.10 bits per heavy atom.